The molecule has 1 rings (SSSR count). The van der Waals surface area contributed by atoms with E-state index in [-0.39, 0.29) is 6.42 Å². The number of aliphatic carboxylic acids is 1. The van der Waals surface area contributed by atoms with Crippen molar-refractivity contribution < 1.29 is 15.0 Å². The van der Waals surface area contributed by atoms with Crippen molar-refractivity contribution in [1.29, 1.82) is 0 Å². The summed E-state index contributed by atoms with van der Waals surface area (Å²) in [4.78, 5) is 10.5. The molecule has 5 heteroatoms. The van der Waals surface area contributed by atoms with Crippen molar-refractivity contribution in [2.24, 2.45) is 0 Å². The SMILES string of the molecule is CCn1nc(C)c([C@H](O)CC(=O)O)c1C. The third kappa shape index (κ3) is 2.36. The van der Waals surface area contributed by atoms with Crippen LogP contribution in [0.25, 0.3) is 0 Å². The van der Waals surface area contributed by atoms with E-state index >= 15 is 0 Å². The highest BCUT2D eigenvalue weighted by Gasteiger charge is 2.20. The van der Waals surface area contributed by atoms with Gasteiger partial charge in [0.2, 0.25) is 0 Å². The summed E-state index contributed by atoms with van der Waals surface area (Å²) in [6.45, 7) is 6.28. The van der Waals surface area contributed by atoms with E-state index in [1.165, 1.54) is 0 Å². The zero-order valence-corrected chi connectivity index (χ0v) is 9.19. The first-order valence-electron chi connectivity index (χ1n) is 4.91. The Kier molecular flexibility index (Phi) is 3.47. The Morgan fingerprint density at radius 3 is 2.53 bits per heavy atom. The second-order valence-electron chi connectivity index (χ2n) is 3.51. The molecular formula is C10H16N2O3. The summed E-state index contributed by atoms with van der Waals surface area (Å²) in [5, 5.41) is 22.6. The second-order valence-corrected chi connectivity index (χ2v) is 3.51. The van der Waals surface area contributed by atoms with Gasteiger partial charge in [0.25, 0.3) is 0 Å². The van der Waals surface area contributed by atoms with Crippen LogP contribution in [-0.4, -0.2) is 26.0 Å². The van der Waals surface area contributed by atoms with Gasteiger partial charge in [0, 0.05) is 17.8 Å². The van der Waals surface area contributed by atoms with Gasteiger partial charge in [-0.1, -0.05) is 0 Å². The number of carboxylic acid groups (broad SMARTS) is 1. The highest BCUT2D eigenvalue weighted by molar-refractivity contribution is 5.67. The molecule has 0 radical (unpaired) electrons. The second kappa shape index (κ2) is 4.44. The van der Waals surface area contributed by atoms with Gasteiger partial charge in [-0.05, 0) is 20.8 Å². The third-order valence-electron chi connectivity index (χ3n) is 2.44. The van der Waals surface area contributed by atoms with Gasteiger partial charge in [0.15, 0.2) is 0 Å². The van der Waals surface area contributed by atoms with E-state index in [1.54, 1.807) is 11.6 Å². The molecule has 0 saturated heterocycles. The zero-order chi connectivity index (χ0) is 11.6. The van der Waals surface area contributed by atoms with E-state index < -0.39 is 12.1 Å². The first-order chi connectivity index (χ1) is 6.97. The molecule has 0 saturated carbocycles. The molecule has 0 spiro atoms. The highest BCUT2D eigenvalue weighted by Crippen LogP contribution is 2.23. The molecule has 1 heterocycles. The van der Waals surface area contributed by atoms with Gasteiger partial charge in [-0.15, -0.1) is 0 Å². The summed E-state index contributed by atoms with van der Waals surface area (Å²) >= 11 is 0. The summed E-state index contributed by atoms with van der Waals surface area (Å²) in [6, 6.07) is 0. The molecule has 1 atom stereocenters. The summed E-state index contributed by atoms with van der Waals surface area (Å²) < 4.78 is 1.76. The molecule has 0 unspecified atom stereocenters. The molecule has 0 aliphatic carbocycles. The van der Waals surface area contributed by atoms with Crippen LogP contribution in [0.5, 0.6) is 0 Å². The van der Waals surface area contributed by atoms with E-state index in [0.717, 1.165) is 5.69 Å². The standard InChI is InChI=1S/C10H16N2O3/c1-4-12-7(3)10(6(2)11-12)8(13)5-9(14)15/h8,13H,4-5H2,1-3H3,(H,14,15)/t8-/m1/s1. The van der Waals surface area contributed by atoms with Crippen LogP contribution in [0.15, 0.2) is 0 Å². The molecule has 0 amide bonds. The number of nitrogens with zero attached hydrogens (tertiary/aromatic N) is 2. The topological polar surface area (TPSA) is 75.3 Å². The molecule has 84 valence electrons. The fourth-order valence-electron chi connectivity index (χ4n) is 1.77. The Morgan fingerprint density at radius 1 is 1.53 bits per heavy atom. The quantitative estimate of drug-likeness (QED) is 0.781. The fraction of sp³-hybridized carbons (Fsp3) is 0.600. The first-order valence-corrected chi connectivity index (χ1v) is 4.91. The van der Waals surface area contributed by atoms with Crippen LogP contribution < -0.4 is 0 Å². The molecule has 1 aromatic rings. The maximum Gasteiger partial charge on any atom is 0.306 e. The predicted octanol–water partition coefficient (Wildman–Crippen LogP) is 1.03. The number of aryl methyl sites for hydroxylation is 2. The van der Waals surface area contributed by atoms with Crippen LogP contribution in [0.4, 0.5) is 0 Å². The van der Waals surface area contributed by atoms with Crippen LogP contribution in [0.2, 0.25) is 0 Å². The lowest BCUT2D eigenvalue weighted by Crippen LogP contribution is -2.07. The largest absolute Gasteiger partial charge is 0.481 e. The van der Waals surface area contributed by atoms with E-state index in [0.29, 0.717) is 17.8 Å². The third-order valence-corrected chi connectivity index (χ3v) is 2.44. The molecule has 0 aliphatic rings. The number of hydrogen-bond acceptors (Lipinski definition) is 3. The highest BCUT2D eigenvalue weighted by atomic mass is 16.4. The van der Waals surface area contributed by atoms with Crippen molar-refractivity contribution in [3.05, 3.63) is 17.0 Å². The van der Waals surface area contributed by atoms with E-state index in [4.69, 9.17) is 5.11 Å². The van der Waals surface area contributed by atoms with E-state index in [9.17, 15) is 9.90 Å². The number of aromatic nitrogens is 2. The summed E-state index contributed by atoms with van der Waals surface area (Å²) in [5.41, 5.74) is 2.17. The Bertz CT molecular complexity index is 371. The molecule has 5 nitrogen and oxygen atoms in total. The molecule has 0 aliphatic heterocycles. The number of carboxylic acids is 1. The number of aliphatic hydroxyl groups excluding tert-OH is 1. The van der Waals surface area contributed by atoms with Gasteiger partial charge >= 0.3 is 5.97 Å². The molecule has 1 aromatic heterocycles. The zero-order valence-electron chi connectivity index (χ0n) is 9.19. The lowest BCUT2D eigenvalue weighted by molar-refractivity contribution is -0.139. The monoisotopic (exact) mass is 212 g/mol. The summed E-state index contributed by atoms with van der Waals surface area (Å²) in [7, 11) is 0. The number of rotatable bonds is 4. The summed E-state index contributed by atoms with van der Waals surface area (Å²) in [5.74, 6) is -1.01. The van der Waals surface area contributed by atoms with Gasteiger partial charge in [-0.25, -0.2) is 0 Å². The lowest BCUT2D eigenvalue weighted by Gasteiger charge is -2.08. The van der Waals surface area contributed by atoms with Crippen molar-refractivity contribution in [3.8, 4) is 0 Å². The molecule has 2 N–H and O–H groups in total. The molecule has 0 fully saturated rings. The van der Waals surface area contributed by atoms with Crippen LogP contribution >= 0.6 is 0 Å². The molecule has 15 heavy (non-hydrogen) atoms. The maximum absolute atomic E-state index is 10.5. The van der Waals surface area contributed by atoms with Gasteiger partial charge < -0.3 is 10.2 Å². The van der Waals surface area contributed by atoms with Crippen molar-refractivity contribution in [3.63, 3.8) is 0 Å². The average Bonchev–Trinajstić information content (AvgIpc) is 2.40. The maximum atomic E-state index is 10.5. The Balaban J connectivity index is 3.02. The first kappa shape index (κ1) is 11.7. The van der Waals surface area contributed by atoms with Crippen molar-refractivity contribution in [1.82, 2.24) is 9.78 Å². The van der Waals surface area contributed by atoms with E-state index in [1.807, 2.05) is 13.8 Å². The minimum absolute atomic E-state index is 0.281. The minimum Gasteiger partial charge on any atom is -0.481 e. The summed E-state index contributed by atoms with van der Waals surface area (Å²) in [6.07, 6.45) is -1.25. The average molecular weight is 212 g/mol. The Labute approximate surface area is 88.3 Å². The van der Waals surface area contributed by atoms with Crippen LogP contribution in [-0.2, 0) is 11.3 Å². The van der Waals surface area contributed by atoms with Crippen LogP contribution in [0, 0.1) is 13.8 Å². The van der Waals surface area contributed by atoms with Crippen molar-refractivity contribution in [2.75, 3.05) is 0 Å². The van der Waals surface area contributed by atoms with Crippen LogP contribution in [0.1, 0.15) is 36.4 Å². The van der Waals surface area contributed by atoms with E-state index in [2.05, 4.69) is 5.10 Å². The van der Waals surface area contributed by atoms with Gasteiger partial charge in [-0.3, -0.25) is 9.48 Å². The smallest absolute Gasteiger partial charge is 0.306 e. The molecular weight excluding hydrogens is 196 g/mol. The number of hydrogen-bond donors (Lipinski definition) is 2. The Morgan fingerprint density at radius 2 is 2.13 bits per heavy atom. The number of aliphatic hydroxyl groups is 1. The van der Waals surface area contributed by atoms with Gasteiger partial charge in [0.05, 0.1) is 18.2 Å². The predicted molar refractivity (Wildman–Crippen MR) is 54.6 cm³/mol. The van der Waals surface area contributed by atoms with Crippen molar-refractivity contribution >= 4 is 5.97 Å². The fourth-order valence-corrected chi connectivity index (χ4v) is 1.77. The minimum atomic E-state index is -1.01. The Hall–Kier alpha value is -1.36. The number of carbonyl (C=O) groups is 1. The van der Waals surface area contributed by atoms with Gasteiger partial charge in [-0.2, -0.15) is 5.10 Å². The van der Waals surface area contributed by atoms with Crippen LogP contribution in [0.3, 0.4) is 0 Å². The molecule has 0 bridgehead atoms. The normalized spacial score (nSPS) is 12.8. The van der Waals surface area contributed by atoms with Crippen molar-refractivity contribution in [2.45, 2.75) is 39.8 Å². The molecule has 0 aromatic carbocycles. The van der Waals surface area contributed by atoms with Gasteiger partial charge in [0.1, 0.15) is 0 Å². The lowest BCUT2D eigenvalue weighted by atomic mass is 10.1.